The maximum absolute atomic E-state index is 13.4. The first-order chi connectivity index (χ1) is 15.2. The highest BCUT2D eigenvalue weighted by Crippen LogP contribution is 2.31. The lowest BCUT2D eigenvalue weighted by Gasteiger charge is -2.11. The minimum atomic E-state index is -4.90. The van der Waals surface area contributed by atoms with E-state index in [0.29, 0.717) is 29.9 Å². The number of amides is 3. The van der Waals surface area contributed by atoms with E-state index in [9.17, 15) is 27.2 Å². The van der Waals surface area contributed by atoms with Gasteiger partial charge in [-0.3, -0.25) is 9.78 Å². The Morgan fingerprint density at radius 3 is 2.31 bits per heavy atom. The highest BCUT2D eigenvalue weighted by Gasteiger charge is 2.34. The molecule has 1 aromatic heterocycles. The molecular formula is C22H18F4N4O2. The Hall–Kier alpha value is -3.95. The van der Waals surface area contributed by atoms with Crippen LogP contribution in [-0.4, -0.2) is 16.9 Å². The summed E-state index contributed by atoms with van der Waals surface area (Å²) in [5.74, 6) is -2.24. The molecule has 32 heavy (non-hydrogen) atoms. The number of aromatic nitrogens is 1. The molecule has 0 bridgehead atoms. The second-order valence-corrected chi connectivity index (χ2v) is 6.74. The van der Waals surface area contributed by atoms with Crippen molar-refractivity contribution in [2.75, 3.05) is 5.32 Å². The van der Waals surface area contributed by atoms with Crippen LogP contribution in [0.3, 0.4) is 0 Å². The Balaban J connectivity index is 1.57. The summed E-state index contributed by atoms with van der Waals surface area (Å²) >= 11 is 0. The monoisotopic (exact) mass is 446 g/mol. The lowest BCUT2D eigenvalue weighted by atomic mass is 10.1. The number of urea groups is 1. The highest BCUT2D eigenvalue weighted by molar-refractivity contribution is 5.94. The second-order valence-electron chi connectivity index (χ2n) is 6.74. The van der Waals surface area contributed by atoms with Gasteiger partial charge in [-0.2, -0.15) is 13.2 Å². The van der Waals surface area contributed by atoms with Crippen molar-refractivity contribution >= 4 is 17.6 Å². The average Bonchev–Trinajstić information content (AvgIpc) is 2.76. The minimum Gasteiger partial charge on any atom is -0.348 e. The van der Waals surface area contributed by atoms with Crippen molar-refractivity contribution in [2.24, 2.45) is 0 Å². The van der Waals surface area contributed by atoms with E-state index >= 15 is 0 Å². The van der Waals surface area contributed by atoms with Crippen molar-refractivity contribution in [2.45, 2.75) is 19.3 Å². The van der Waals surface area contributed by atoms with Crippen LogP contribution < -0.4 is 16.0 Å². The van der Waals surface area contributed by atoms with Crippen molar-refractivity contribution in [3.8, 4) is 0 Å². The lowest BCUT2D eigenvalue weighted by molar-refractivity contribution is -0.140. The number of anilines is 1. The van der Waals surface area contributed by atoms with Crippen LogP contribution >= 0.6 is 0 Å². The number of nitrogens with zero attached hydrogens (tertiary/aromatic N) is 1. The molecule has 6 nitrogen and oxygen atoms in total. The first-order valence-corrected chi connectivity index (χ1v) is 9.40. The Labute approximate surface area is 180 Å². The van der Waals surface area contributed by atoms with E-state index in [-0.39, 0.29) is 12.1 Å². The van der Waals surface area contributed by atoms with Gasteiger partial charge in [0.25, 0.3) is 5.91 Å². The van der Waals surface area contributed by atoms with E-state index in [0.717, 1.165) is 11.6 Å². The summed E-state index contributed by atoms with van der Waals surface area (Å²) in [7, 11) is 0. The van der Waals surface area contributed by atoms with Gasteiger partial charge in [-0.1, -0.05) is 12.1 Å². The van der Waals surface area contributed by atoms with Crippen LogP contribution in [0, 0.1) is 5.82 Å². The Bertz CT molecular complexity index is 1100. The molecule has 3 N–H and O–H groups in total. The number of hydrogen-bond acceptors (Lipinski definition) is 3. The van der Waals surface area contributed by atoms with E-state index in [1.54, 1.807) is 48.8 Å². The number of benzene rings is 2. The zero-order valence-corrected chi connectivity index (χ0v) is 16.5. The van der Waals surface area contributed by atoms with Crippen molar-refractivity contribution in [1.82, 2.24) is 15.6 Å². The molecule has 3 aromatic rings. The third kappa shape index (κ3) is 6.27. The number of halogens is 4. The minimum absolute atomic E-state index is 0.00822. The van der Waals surface area contributed by atoms with Gasteiger partial charge in [-0.15, -0.1) is 0 Å². The number of alkyl halides is 3. The quantitative estimate of drug-likeness (QED) is 0.488. The molecular weight excluding hydrogens is 428 g/mol. The summed E-state index contributed by atoms with van der Waals surface area (Å²) in [6, 6.07) is 11.7. The van der Waals surface area contributed by atoms with Crippen LogP contribution in [0.5, 0.6) is 0 Å². The SMILES string of the molecule is O=C(NCc1ccncc1)Nc1cccc(CNC(=O)c2ccc(F)c(C(F)(F)F)c2)c1. The molecule has 2 aromatic carbocycles. The second kappa shape index (κ2) is 9.90. The number of rotatable bonds is 6. The largest absolute Gasteiger partial charge is 0.419 e. The van der Waals surface area contributed by atoms with Gasteiger partial charge in [0.05, 0.1) is 5.56 Å². The molecule has 0 spiro atoms. The van der Waals surface area contributed by atoms with Crippen LogP contribution in [0.2, 0.25) is 0 Å². The standard InChI is InChI=1S/C22H18F4N4O2/c23-19-5-4-16(11-18(19)22(24,25)26)20(31)28-13-15-2-1-3-17(10-15)30-21(32)29-12-14-6-8-27-9-7-14/h1-11H,12-13H2,(H,28,31)(H2,29,30,32). The summed E-state index contributed by atoms with van der Waals surface area (Å²) in [6.45, 7) is 0.299. The van der Waals surface area contributed by atoms with Crippen LogP contribution in [-0.2, 0) is 19.3 Å². The van der Waals surface area contributed by atoms with E-state index < -0.39 is 29.5 Å². The molecule has 0 saturated carbocycles. The van der Waals surface area contributed by atoms with E-state index in [1.807, 2.05) is 0 Å². The first kappa shape index (κ1) is 22.7. The topological polar surface area (TPSA) is 83.1 Å². The lowest BCUT2D eigenvalue weighted by Crippen LogP contribution is -2.28. The van der Waals surface area contributed by atoms with Crippen LogP contribution in [0.4, 0.5) is 28.0 Å². The number of pyridine rings is 1. The molecule has 0 aliphatic heterocycles. The fourth-order valence-corrected chi connectivity index (χ4v) is 2.79. The van der Waals surface area contributed by atoms with Crippen molar-refractivity contribution in [1.29, 1.82) is 0 Å². The molecule has 0 aliphatic carbocycles. The summed E-state index contributed by atoms with van der Waals surface area (Å²) < 4.78 is 51.9. The first-order valence-electron chi connectivity index (χ1n) is 9.40. The Morgan fingerprint density at radius 2 is 1.59 bits per heavy atom. The molecule has 1 heterocycles. The smallest absolute Gasteiger partial charge is 0.348 e. The molecule has 166 valence electrons. The molecule has 0 aliphatic rings. The van der Waals surface area contributed by atoms with Gasteiger partial charge in [0.2, 0.25) is 0 Å². The summed E-state index contributed by atoms with van der Waals surface area (Å²) in [4.78, 5) is 28.2. The zero-order chi connectivity index (χ0) is 23.1. The fourth-order valence-electron chi connectivity index (χ4n) is 2.79. The molecule has 0 saturated heterocycles. The third-order valence-corrected chi connectivity index (χ3v) is 4.37. The zero-order valence-electron chi connectivity index (χ0n) is 16.5. The Kier molecular flexibility index (Phi) is 7.04. The number of carbonyl (C=O) groups excluding carboxylic acids is 2. The third-order valence-electron chi connectivity index (χ3n) is 4.37. The maximum atomic E-state index is 13.4. The van der Waals surface area contributed by atoms with Gasteiger partial charge < -0.3 is 16.0 Å². The number of hydrogen-bond donors (Lipinski definition) is 3. The Morgan fingerprint density at radius 1 is 0.875 bits per heavy atom. The van der Waals surface area contributed by atoms with Crippen molar-refractivity contribution in [3.63, 3.8) is 0 Å². The van der Waals surface area contributed by atoms with Gasteiger partial charge in [-0.25, -0.2) is 9.18 Å². The molecule has 0 atom stereocenters. The average molecular weight is 446 g/mol. The predicted molar refractivity (Wildman–Crippen MR) is 109 cm³/mol. The fraction of sp³-hybridized carbons (Fsp3) is 0.136. The predicted octanol–water partition coefficient (Wildman–Crippen LogP) is 4.49. The van der Waals surface area contributed by atoms with Gasteiger partial charge in [0.15, 0.2) is 0 Å². The van der Waals surface area contributed by atoms with Gasteiger partial charge in [0, 0.05) is 36.7 Å². The van der Waals surface area contributed by atoms with Crippen LogP contribution in [0.1, 0.15) is 27.0 Å². The molecule has 3 amide bonds. The molecule has 0 fully saturated rings. The van der Waals surface area contributed by atoms with Gasteiger partial charge in [0.1, 0.15) is 5.82 Å². The van der Waals surface area contributed by atoms with Gasteiger partial charge >= 0.3 is 12.2 Å². The number of carbonyl (C=O) groups is 2. The van der Waals surface area contributed by atoms with Crippen LogP contribution in [0.25, 0.3) is 0 Å². The molecule has 0 unspecified atom stereocenters. The van der Waals surface area contributed by atoms with E-state index in [4.69, 9.17) is 0 Å². The van der Waals surface area contributed by atoms with Crippen molar-refractivity contribution < 1.29 is 27.2 Å². The summed E-state index contributed by atoms with van der Waals surface area (Å²) in [6.07, 6.45) is -1.68. The summed E-state index contributed by atoms with van der Waals surface area (Å²) in [5, 5.41) is 7.83. The summed E-state index contributed by atoms with van der Waals surface area (Å²) in [5.41, 5.74) is 0.118. The molecule has 10 heteroatoms. The van der Waals surface area contributed by atoms with Gasteiger partial charge in [-0.05, 0) is 53.6 Å². The highest BCUT2D eigenvalue weighted by atomic mass is 19.4. The number of nitrogens with one attached hydrogen (secondary N) is 3. The van der Waals surface area contributed by atoms with Crippen molar-refractivity contribution in [3.05, 3.63) is 95.1 Å². The maximum Gasteiger partial charge on any atom is 0.419 e. The normalized spacial score (nSPS) is 11.0. The van der Waals surface area contributed by atoms with E-state index in [2.05, 4.69) is 20.9 Å². The molecule has 3 rings (SSSR count). The van der Waals surface area contributed by atoms with Crippen LogP contribution in [0.15, 0.2) is 67.0 Å². The molecule has 0 radical (unpaired) electrons. The van der Waals surface area contributed by atoms with E-state index in [1.165, 1.54) is 0 Å².